The van der Waals surface area contributed by atoms with Gasteiger partial charge in [-0.3, -0.25) is 10.1 Å². The van der Waals surface area contributed by atoms with Gasteiger partial charge in [0.1, 0.15) is 5.75 Å². The Morgan fingerprint density at radius 2 is 2.16 bits per heavy atom. The molecular weight excluding hydrogens is 270 g/mol. The SMILES string of the molecule is COc1ccc([N+](=O)[O-])c(OCCC(C)CCCl)c1. The number of nitro groups is 1. The molecule has 0 aliphatic heterocycles. The number of benzene rings is 1. The summed E-state index contributed by atoms with van der Waals surface area (Å²) in [6.07, 6.45) is 1.71. The molecule has 0 radical (unpaired) electrons. The largest absolute Gasteiger partial charge is 0.497 e. The van der Waals surface area contributed by atoms with Crippen molar-refractivity contribution in [1.29, 1.82) is 0 Å². The zero-order valence-electron chi connectivity index (χ0n) is 11.1. The Labute approximate surface area is 117 Å². The van der Waals surface area contributed by atoms with Crippen LogP contribution >= 0.6 is 11.6 Å². The van der Waals surface area contributed by atoms with Crippen molar-refractivity contribution in [3.63, 3.8) is 0 Å². The number of hydrogen-bond acceptors (Lipinski definition) is 4. The van der Waals surface area contributed by atoms with Crippen LogP contribution in [0.5, 0.6) is 11.5 Å². The summed E-state index contributed by atoms with van der Waals surface area (Å²) in [5.74, 6) is 1.82. The van der Waals surface area contributed by atoms with Crippen molar-refractivity contribution in [2.75, 3.05) is 19.6 Å². The van der Waals surface area contributed by atoms with E-state index in [9.17, 15) is 10.1 Å². The van der Waals surface area contributed by atoms with Crippen LogP contribution in [0.3, 0.4) is 0 Å². The second-order valence-electron chi connectivity index (χ2n) is 4.31. The van der Waals surface area contributed by atoms with Crippen LogP contribution in [0.1, 0.15) is 19.8 Å². The van der Waals surface area contributed by atoms with E-state index in [4.69, 9.17) is 21.1 Å². The highest BCUT2D eigenvalue weighted by atomic mass is 35.5. The van der Waals surface area contributed by atoms with Gasteiger partial charge in [0.2, 0.25) is 5.75 Å². The molecule has 0 N–H and O–H groups in total. The number of rotatable bonds is 8. The molecule has 1 atom stereocenters. The minimum atomic E-state index is -0.461. The van der Waals surface area contributed by atoms with E-state index in [0.717, 1.165) is 12.8 Å². The number of methoxy groups -OCH3 is 1. The second-order valence-corrected chi connectivity index (χ2v) is 4.69. The highest BCUT2D eigenvalue weighted by Gasteiger charge is 2.16. The summed E-state index contributed by atoms with van der Waals surface area (Å²) in [6.45, 7) is 2.50. The molecular formula is C13H18ClNO4. The van der Waals surface area contributed by atoms with Crippen molar-refractivity contribution < 1.29 is 14.4 Å². The first-order valence-corrected chi connectivity index (χ1v) is 6.63. The van der Waals surface area contributed by atoms with E-state index in [2.05, 4.69) is 6.92 Å². The molecule has 5 nitrogen and oxygen atoms in total. The first-order valence-electron chi connectivity index (χ1n) is 6.09. The average molecular weight is 288 g/mol. The third-order valence-corrected chi connectivity index (χ3v) is 3.05. The molecule has 0 aromatic heterocycles. The van der Waals surface area contributed by atoms with Gasteiger partial charge in [0.05, 0.1) is 18.6 Å². The number of halogens is 1. The van der Waals surface area contributed by atoms with Gasteiger partial charge in [-0.05, 0) is 24.8 Å². The number of hydrogen-bond donors (Lipinski definition) is 0. The Kier molecular flexibility index (Phi) is 6.42. The van der Waals surface area contributed by atoms with Crippen molar-refractivity contribution in [3.8, 4) is 11.5 Å². The van der Waals surface area contributed by atoms with Crippen molar-refractivity contribution in [2.45, 2.75) is 19.8 Å². The molecule has 1 unspecified atom stereocenters. The molecule has 1 aromatic carbocycles. The number of ether oxygens (including phenoxy) is 2. The molecule has 0 saturated heterocycles. The number of nitro benzene ring substituents is 1. The van der Waals surface area contributed by atoms with Gasteiger partial charge in [-0.25, -0.2) is 0 Å². The molecule has 0 amide bonds. The standard InChI is InChI=1S/C13H18ClNO4/c1-10(5-7-14)6-8-19-13-9-11(18-2)3-4-12(13)15(16)17/h3-4,9-10H,5-8H2,1-2H3. The summed E-state index contributed by atoms with van der Waals surface area (Å²) in [5, 5.41) is 10.9. The Morgan fingerprint density at radius 3 is 2.74 bits per heavy atom. The van der Waals surface area contributed by atoms with E-state index in [0.29, 0.717) is 24.2 Å². The van der Waals surface area contributed by atoms with Crippen LogP contribution in [0.2, 0.25) is 0 Å². The molecule has 19 heavy (non-hydrogen) atoms. The van der Waals surface area contributed by atoms with Crippen LogP contribution in [0.15, 0.2) is 18.2 Å². The van der Waals surface area contributed by atoms with E-state index < -0.39 is 4.92 Å². The quantitative estimate of drug-likeness (QED) is 0.416. The number of nitrogens with zero attached hydrogens (tertiary/aromatic N) is 1. The van der Waals surface area contributed by atoms with Gasteiger partial charge in [0, 0.05) is 18.0 Å². The zero-order valence-corrected chi connectivity index (χ0v) is 11.9. The first kappa shape index (κ1) is 15.6. The van der Waals surface area contributed by atoms with E-state index in [1.165, 1.54) is 19.2 Å². The average Bonchev–Trinajstić information content (AvgIpc) is 2.38. The Hall–Kier alpha value is -1.49. The Bertz CT molecular complexity index is 425. The predicted octanol–water partition coefficient (Wildman–Crippen LogP) is 3.64. The van der Waals surface area contributed by atoms with Crippen molar-refractivity contribution in [1.82, 2.24) is 0 Å². The summed E-state index contributed by atoms with van der Waals surface area (Å²) >= 11 is 5.65. The van der Waals surface area contributed by atoms with Crippen molar-refractivity contribution in [3.05, 3.63) is 28.3 Å². The highest BCUT2D eigenvalue weighted by molar-refractivity contribution is 6.17. The van der Waals surface area contributed by atoms with E-state index in [1.54, 1.807) is 6.07 Å². The summed E-state index contributed by atoms with van der Waals surface area (Å²) < 4.78 is 10.5. The Balaban J connectivity index is 2.67. The third-order valence-electron chi connectivity index (χ3n) is 2.83. The van der Waals surface area contributed by atoms with Gasteiger partial charge in [0.25, 0.3) is 0 Å². The van der Waals surface area contributed by atoms with Gasteiger partial charge in [-0.2, -0.15) is 0 Å². The van der Waals surface area contributed by atoms with Crippen LogP contribution in [-0.2, 0) is 0 Å². The van der Waals surface area contributed by atoms with Gasteiger partial charge in [0.15, 0.2) is 0 Å². The van der Waals surface area contributed by atoms with Gasteiger partial charge in [-0.15, -0.1) is 11.6 Å². The summed E-state index contributed by atoms with van der Waals surface area (Å²) in [4.78, 5) is 10.4. The van der Waals surface area contributed by atoms with Crippen molar-refractivity contribution in [2.24, 2.45) is 5.92 Å². The molecule has 1 rings (SSSR count). The molecule has 0 heterocycles. The molecule has 0 saturated carbocycles. The fourth-order valence-corrected chi connectivity index (χ4v) is 1.96. The molecule has 0 spiro atoms. The fraction of sp³-hybridized carbons (Fsp3) is 0.538. The maximum atomic E-state index is 10.9. The fourth-order valence-electron chi connectivity index (χ4n) is 1.59. The Morgan fingerprint density at radius 1 is 1.42 bits per heavy atom. The van der Waals surface area contributed by atoms with Crippen LogP contribution in [-0.4, -0.2) is 24.5 Å². The topological polar surface area (TPSA) is 61.6 Å². The number of alkyl halides is 1. The van der Waals surface area contributed by atoms with Gasteiger partial charge >= 0.3 is 5.69 Å². The van der Waals surface area contributed by atoms with Crippen LogP contribution < -0.4 is 9.47 Å². The summed E-state index contributed by atoms with van der Waals surface area (Å²) in [5.41, 5.74) is -0.0502. The summed E-state index contributed by atoms with van der Waals surface area (Å²) in [6, 6.07) is 4.46. The zero-order chi connectivity index (χ0) is 14.3. The molecule has 6 heteroatoms. The molecule has 0 aliphatic rings. The van der Waals surface area contributed by atoms with E-state index in [1.807, 2.05) is 0 Å². The van der Waals surface area contributed by atoms with E-state index in [-0.39, 0.29) is 11.4 Å². The first-order chi connectivity index (χ1) is 9.08. The second kappa shape index (κ2) is 7.84. The van der Waals surface area contributed by atoms with Gasteiger partial charge in [-0.1, -0.05) is 6.92 Å². The lowest BCUT2D eigenvalue weighted by atomic mass is 10.1. The van der Waals surface area contributed by atoms with Crippen LogP contribution in [0.25, 0.3) is 0 Å². The van der Waals surface area contributed by atoms with Crippen LogP contribution in [0, 0.1) is 16.0 Å². The minimum absolute atomic E-state index is 0.0502. The monoisotopic (exact) mass is 287 g/mol. The van der Waals surface area contributed by atoms with Crippen molar-refractivity contribution >= 4 is 17.3 Å². The smallest absolute Gasteiger partial charge is 0.311 e. The molecule has 0 bridgehead atoms. The minimum Gasteiger partial charge on any atom is -0.497 e. The maximum absolute atomic E-state index is 10.9. The molecule has 106 valence electrons. The lowest BCUT2D eigenvalue weighted by Gasteiger charge is -2.11. The lowest BCUT2D eigenvalue weighted by molar-refractivity contribution is -0.385. The predicted molar refractivity (Wildman–Crippen MR) is 74.3 cm³/mol. The summed E-state index contributed by atoms with van der Waals surface area (Å²) in [7, 11) is 1.51. The maximum Gasteiger partial charge on any atom is 0.311 e. The molecule has 0 fully saturated rings. The lowest BCUT2D eigenvalue weighted by Crippen LogP contribution is -2.06. The highest BCUT2D eigenvalue weighted by Crippen LogP contribution is 2.31. The normalized spacial score (nSPS) is 11.9. The van der Waals surface area contributed by atoms with E-state index >= 15 is 0 Å². The van der Waals surface area contributed by atoms with Crippen LogP contribution in [0.4, 0.5) is 5.69 Å². The third kappa shape index (κ3) is 4.95. The molecule has 0 aliphatic carbocycles. The van der Waals surface area contributed by atoms with Gasteiger partial charge < -0.3 is 9.47 Å². The molecule has 1 aromatic rings.